The van der Waals surface area contributed by atoms with E-state index >= 15 is 0 Å². The number of benzene rings is 1. The minimum Gasteiger partial charge on any atom is -0.342 e. The van der Waals surface area contributed by atoms with Crippen molar-refractivity contribution in [1.82, 2.24) is 14.8 Å². The van der Waals surface area contributed by atoms with Crippen LogP contribution in [-0.2, 0) is 4.79 Å². The minimum absolute atomic E-state index is 0.0241. The predicted molar refractivity (Wildman–Crippen MR) is 104 cm³/mol. The number of likely N-dealkylation sites (N-methyl/N-ethyl adjacent to an activating group) is 1. The molecule has 1 fully saturated rings. The number of anilines is 1. The first-order chi connectivity index (χ1) is 12.6. The molecule has 1 N–H and O–H groups in total. The summed E-state index contributed by atoms with van der Waals surface area (Å²) < 4.78 is 0. The van der Waals surface area contributed by atoms with Crippen LogP contribution in [0.4, 0.5) is 10.5 Å². The fourth-order valence-electron chi connectivity index (χ4n) is 3.14. The average Bonchev–Trinajstić information content (AvgIpc) is 3.18. The van der Waals surface area contributed by atoms with Gasteiger partial charge >= 0.3 is 6.03 Å². The van der Waals surface area contributed by atoms with Crippen LogP contribution in [0, 0.1) is 0 Å². The summed E-state index contributed by atoms with van der Waals surface area (Å²) in [5.74, 6) is 0.0241. The maximum absolute atomic E-state index is 12.8. The number of carbonyl (C=O) groups excluding carboxylic acids is 2. The molecule has 1 aromatic heterocycles. The number of urea groups is 1. The lowest BCUT2D eigenvalue weighted by Gasteiger charge is -2.39. The molecule has 0 unspecified atom stereocenters. The van der Waals surface area contributed by atoms with Crippen molar-refractivity contribution in [2.75, 3.05) is 25.5 Å². The molecular weight excluding hydrogens is 348 g/mol. The smallest absolute Gasteiger partial charge is 0.322 e. The first kappa shape index (κ1) is 18.4. The highest BCUT2D eigenvalue weighted by Gasteiger charge is 2.35. The molecule has 0 bridgehead atoms. The molecule has 1 aromatic carbocycles. The number of hydrogen-bond donors (Lipinski definition) is 1. The minimum atomic E-state index is -0.379. The zero-order valence-electron chi connectivity index (χ0n) is 15.1. The van der Waals surface area contributed by atoms with E-state index in [0.29, 0.717) is 25.2 Å². The molecule has 0 radical (unpaired) electrons. The van der Waals surface area contributed by atoms with E-state index in [0.717, 1.165) is 24.1 Å². The molecule has 3 amide bonds. The average molecular weight is 372 g/mol. The van der Waals surface area contributed by atoms with Gasteiger partial charge in [0.05, 0.1) is 11.2 Å². The number of piperazine rings is 1. The zero-order chi connectivity index (χ0) is 18.5. The van der Waals surface area contributed by atoms with E-state index in [4.69, 9.17) is 0 Å². The topological polar surface area (TPSA) is 65.5 Å². The van der Waals surface area contributed by atoms with Gasteiger partial charge in [-0.05, 0) is 18.6 Å². The van der Waals surface area contributed by atoms with Crippen molar-refractivity contribution in [3.8, 4) is 11.3 Å². The molecule has 0 aliphatic carbocycles. The molecule has 26 heavy (non-hydrogen) atoms. The summed E-state index contributed by atoms with van der Waals surface area (Å²) in [5.41, 5.74) is 4.35. The zero-order valence-corrected chi connectivity index (χ0v) is 16.0. The quantitative estimate of drug-likeness (QED) is 0.871. The van der Waals surface area contributed by atoms with Crippen LogP contribution < -0.4 is 5.32 Å². The van der Waals surface area contributed by atoms with Gasteiger partial charge in [0.15, 0.2) is 0 Å². The van der Waals surface area contributed by atoms with Crippen molar-refractivity contribution in [3.05, 3.63) is 35.2 Å². The van der Waals surface area contributed by atoms with Crippen molar-refractivity contribution in [2.24, 2.45) is 0 Å². The highest BCUT2D eigenvalue weighted by atomic mass is 32.1. The molecule has 6 nitrogen and oxygen atoms in total. The maximum atomic E-state index is 12.8. The summed E-state index contributed by atoms with van der Waals surface area (Å²) in [7, 11) is 1.80. The van der Waals surface area contributed by atoms with E-state index in [2.05, 4.69) is 17.2 Å². The van der Waals surface area contributed by atoms with Crippen LogP contribution in [-0.4, -0.2) is 52.9 Å². The van der Waals surface area contributed by atoms with Crippen LogP contribution in [0.25, 0.3) is 11.3 Å². The van der Waals surface area contributed by atoms with Crippen molar-refractivity contribution in [3.63, 3.8) is 0 Å². The van der Waals surface area contributed by atoms with Crippen molar-refractivity contribution in [1.29, 1.82) is 0 Å². The second-order valence-corrected chi connectivity index (χ2v) is 7.21. The number of nitrogens with one attached hydrogen (secondary N) is 1. The Hall–Kier alpha value is -2.41. The number of hydrogen-bond acceptors (Lipinski definition) is 4. The number of unbranched alkanes of at least 4 members (excludes halogenated alkanes) is 1. The van der Waals surface area contributed by atoms with Gasteiger partial charge in [0, 0.05) is 36.8 Å². The Kier molecular flexibility index (Phi) is 5.88. The van der Waals surface area contributed by atoms with Gasteiger partial charge in [-0.1, -0.05) is 31.9 Å². The van der Waals surface area contributed by atoms with Crippen LogP contribution in [0.5, 0.6) is 0 Å². The Balaban J connectivity index is 1.74. The normalized spacial score (nSPS) is 17.5. The van der Waals surface area contributed by atoms with Gasteiger partial charge < -0.3 is 15.1 Å². The Morgan fingerprint density at radius 3 is 2.96 bits per heavy atom. The van der Waals surface area contributed by atoms with E-state index < -0.39 is 0 Å². The predicted octanol–water partition coefficient (Wildman–Crippen LogP) is 3.67. The molecule has 1 aliphatic rings. The molecule has 1 saturated heterocycles. The number of nitrogens with zero attached hydrogens (tertiary/aromatic N) is 3. The lowest BCUT2D eigenvalue weighted by Crippen LogP contribution is -2.58. The molecule has 138 valence electrons. The van der Waals surface area contributed by atoms with Crippen LogP contribution >= 0.6 is 11.3 Å². The lowest BCUT2D eigenvalue weighted by molar-refractivity contribution is -0.138. The molecule has 0 saturated carbocycles. The molecular formula is C19H24N4O2S. The fraction of sp³-hybridized carbons (Fsp3) is 0.421. The Bertz CT molecular complexity index is 763. The number of rotatable bonds is 5. The summed E-state index contributed by atoms with van der Waals surface area (Å²) in [6.45, 7) is 3.20. The number of thiazole rings is 1. The Labute approximate surface area is 157 Å². The summed E-state index contributed by atoms with van der Waals surface area (Å²) >= 11 is 1.54. The Morgan fingerprint density at radius 2 is 2.23 bits per heavy atom. The van der Waals surface area contributed by atoms with Crippen LogP contribution in [0.3, 0.4) is 0 Å². The van der Waals surface area contributed by atoms with Crippen molar-refractivity contribution >= 4 is 29.0 Å². The summed E-state index contributed by atoms with van der Waals surface area (Å²) in [4.78, 5) is 33.0. The van der Waals surface area contributed by atoms with Gasteiger partial charge in [0.25, 0.3) is 0 Å². The van der Waals surface area contributed by atoms with Gasteiger partial charge in [-0.2, -0.15) is 0 Å². The monoisotopic (exact) mass is 372 g/mol. The second kappa shape index (κ2) is 8.31. The van der Waals surface area contributed by atoms with Gasteiger partial charge in [-0.3, -0.25) is 4.79 Å². The molecule has 3 rings (SSSR count). The number of carbonyl (C=O) groups is 2. The van der Waals surface area contributed by atoms with Crippen LogP contribution in [0.15, 0.2) is 35.2 Å². The third-order valence-corrected chi connectivity index (χ3v) is 5.23. The first-order valence-corrected chi connectivity index (χ1v) is 9.85. The third kappa shape index (κ3) is 4.04. The van der Waals surface area contributed by atoms with E-state index in [1.807, 2.05) is 29.6 Å². The van der Waals surface area contributed by atoms with E-state index in [1.165, 1.54) is 11.3 Å². The van der Waals surface area contributed by atoms with E-state index in [9.17, 15) is 9.59 Å². The van der Waals surface area contributed by atoms with Gasteiger partial charge in [-0.25, -0.2) is 9.78 Å². The van der Waals surface area contributed by atoms with Crippen molar-refractivity contribution < 1.29 is 9.59 Å². The van der Waals surface area contributed by atoms with E-state index in [1.54, 1.807) is 22.4 Å². The lowest BCUT2D eigenvalue weighted by atomic mass is 10.0. The molecule has 0 spiro atoms. The highest BCUT2D eigenvalue weighted by Crippen LogP contribution is 2.23. The van der Waals surface area contributed by atoms with Gasteiger partial charge in [-0.15, -0.1) is 11.3 Å². The number of aromatic nitrogens is 1. The van der Waals surface area contributed by atoms with Gasteiger partial charge in [0.1, 0.15) is 6.04 Å². The largest absolute Gasteiger partial charge is 0.342 e. The van der Waals surface area contributed by atoms with Gasteiger partial charge in [0.2, 0.25) is 5.91 Å². The summed E-state index contributed by atoms with van der Waals surface area (Å²) in [6.07, 6.45) is 2.62. The van der Waals surface area contributed by atoms with Crippen molar-refractivity contribution in [2.45, 2.75) is 32.2 Å². The second-order valence-electron chi connectivity index (χ2n) is 6.50. The third-order valence-electron chi connectivity index (χ3n) is 4.65. The molecule has 7 heteroatoms. The molecule has 2 aromatic rings. The standard InChI is InChI=1S/C19H24N4O2S/c1-3-4-8-17-18(24)22(2)9-10-23(17)19(25)21-15-7-5-6-14(11-15)16-12-26-13-20-16/h5-7,11-13,17H,3-4,8-10H2,1-2H3,(H,21,25)/t17-/m0/s1. The SMILES string of the molecule is CCCC[C@H]1C(=O)N(C)CCN1C(=O)Nc1cccc(-c2cscn2)c1. The highest BCUT2D eigenvalue weighted by molar-refractivity contribution is 7.07. The molecule has 1 atom stereocenters. The fourth-order valence-corrected chi connectivity index (χ4v) is 3.70. The summed E-state index contributed by atoms with van der Waals surface area (Å²) in [6, 6.07) is 7.03. The maximum Gasteiger partial charge on any atom is 0.322 e. The number of amides is 3. The molecule has 1 aliphatic heterocycles. The van der Waals surface area contributed by atoms with Crippen LogP contribution in [0.2, 0.25) is 0 Å². The van der Waals surface area contributed by atoms with E-state index in [-0.39, 0.29) is 18.0 Å². The Morgan fingerprint density at radius 1 is 1.38 bits per heavy atom. The molecule has 2 heterocycles. The first-order valence-electron chi connectivity index (χ1n) is 8.91. The van der Waals surface area contributed by atoms with Crippen LogP contribution in [0.1, 0.15) is 26.2 Å². The summed E-state index contributed by atoms with van der Waals surface area (Å²) in [5, 5.41) is 4.92.